The Morgan fingerprint density at radius 1 is 1.29 bits per heavy atom. The van der Waals surface area contributed by atoms with E-state index in [1.165, 1.54) is 22.7 Å². The van der Waals surface area contributed by atoms with Crippen LogP contribution < -0.4 is 0 Å². The van der Waals surface area contributed by atoms with Crippen molar-refractivity contribution in [1.82, 2.24) is 4.31 Å². The Labute approximate surface area is 133 Å². The first-order valence-electron chi connectivity index (χ1n) is 6.26. The van der Waals surface area contributed by atoms with Crippen LogP contribution in [0.25, 0.3) is 0 Å². The molecule has 0 saturated carbocycles. The average Bonchev–Trinajstić information content (AvgIpc) is 2.84. The Bertz CT molecular complexity index is 740. The second-order valence-corrected chi connectivity index (χ2v) is 8.48. The van der Waals surface area contributed by atoms with Gasteiger partial charge in [0, 0.05) is 18.5 Å². The molecule has 1 N–H and O–H groups in total. The summed E-state index contributed by atoms with van der Waals surface area (Å²) in [5.74, 6) is 0. The van der Waals surface area contributed by atoms with E-state index >= 15 is 0 Å². The molecule has 0 radical (unpaired) electrons. The number of thiophene rings is 1. The Kier molecular flexibility index (Phi) is 5.06. The van der Waals surface area contributed by atoms with Crippen LogP contribution in [0.1, 0.15) is 16.0 Å². The molecular weight excluding hydrogens is 330 g/mol. The van der Waals surface area contributed by atoms with E-state index in [0.29, 0.717) is 15.5 Å². The van der Waals surface area contributed by atoms with Crippen molar-refractivity contribution in [2.24, 2.45) is 0 Å². The Hall–Kier alpha value is -0.920. The molecule has 2 aromatic rings. The molecule has 1 aromatic heterocycles. The van der Waals surface area contributed by atoms with Gasteiger partial charge in [-0.25, -0.2) is 8.42 Å². The third-order valence-corrected chi connectivity index (χ3v) is 6.43. The first-order chi connectivity index (χ1) is 9.86. The highest BCUT2D eigenvalue weighted by atomic mass is 35.5. The summed E-state index contributed by atoms with van der Waals surface area (Å²) in [6.07, 6.45) is 0. The normalized spacial score (nSPS) is 12.0. The van der Waals surface area contributed by atoms with E-state index in [1.54, 1.807) is 31.2 Å². The average molecular weight is 346 g/mol. The zero-order valence-electron chi connectivity index (χ0n) is 11.7. The maximum Gasteiger partial charge on any atom is 0.243 e. The van der Waals surface area contributed by atoms with Crippen molar-refractivity contribution in [3.63, 3.8) is 0 Å². The van der Waals surface area contributed by atoms with Crippen molar-refractivity contribution in [3.05, 3.63) is 50.7 Å². The quantitative estimate of drug-likeness (QED) is 0.906. The second kappa shape index (κ2) is 6.46. The van der Waals surface area contributed by atoms with Gasteiger partial charge in [-0.1, -0.05) is 23.7 Å². The molecule has 0 unspecified atom stereocenters. The minimum Gasteiger partial charge on any atom is -0.392 e. The molecule has 0 aliphatic rings. The highest BCUT2D eigenvalue weighted by Gasteiger charge is 2.24. The van der Waals surface area contributed by atoms with E-state index in [9.17, 15) is 13.5 Å². The predicted molar refractivity (Wildman–Crippen MR) is 85.1 cm³/mol. The smallest absolute Gasteiger partial charge is 0.243 e. The van der Waals surface area contributed by atoms with E-state index in [2.05, 4.69) is 0 Å². The summed E-state index contributed by atoms with van der Waals surface area (Å²) in [4.78, 5) is 1.10. The van der Waals surface area contributed by atoms with Crippen LogP contribution in [-0.4, -0.2) is 24.9 Å². The topological polar surface area (TPSA) is 57.6 Å². The number of hydrogen-bond donors (Lipinski definition) is 1. The minimum absolute atomic E-state index is 0.181. The molecule has 0 spiro atoms. The molecule has 0 atom stereocenters. The minimum atomic E-state index is -3.61. The molecular formula is C14H16ClNO3S2. The van der Waals surface area contributed by atoms with Gasteiger partial charge in [0.2, 0.25) is 10.0 Å². The number of benzene rings is 1. The zero-order valence-corrected chi connectivity index (χ0v) is 14.1. The van der Waals surface area contributed by atoms with E-state index in [4.69, 9.17) is 11.6 Å². The van der Waals surface area contributed by atoms with Gasteiger partial charge in [-0.15, -0.1) is 11.3 Å². The molecule has 0 aliphatic carbocycles. The summed E-state index contributed by atoms with van der Waals surface area (Å²) >= 11 is 7.22. The lowest BCUT2D eigenvalue weighted by Crippen LogP contribution is -2.27. The summed E-state index contributed by atoms with van der Waals surface area (Å²) in [6, 6.07) is 8.48. The molecule has 0 bridgehead atoms. The number of hydrogen-bond acceptors (Lipinski definition) is 4. The van der Waals surface area contributed by atoms with Crippen molar-refractivity contribution in [2.45, 2.75) is 25.0 Å². The van der Waals surface area contributed by atoms with Gasteiger partial charge in [0.15, 0.2) is 0 Å². The predicted octanol–water partition coefficient (Wildman–Crippen LogP) is 3.02. The van der Waals surface area contributed by atoms with Crippen LogP contribution in [0.4, 0.5) is 0 Å². The summed E-state index contributed by atoms with van der Waals surface area (Å²) in [5.41, 5.74) is 1.19. The first kappa shape index (κ1) is 16.5. The zero-order chi connectivity index (χ0) is 15.6. The van der Waals surface area contributed by atoms with Crippen molar-refractivity contribution in [1.29, 1.82) is 0 Å². The van der Waals surface area contributed by atoms with Crippen molar-refractivity contribution < 1.29 is 13.5 Å². The highest BCUT2D eigenvalue weighted by molar-refractivity contribution is 7.89. The van der Waals surface area contributed by atoms with E-state index in [1.807, 2.05) is 6.07 Å². The monoisotopic (exact) mass is 345 g/mol. The number of aliphatic hydroxyl groups is 1. The van der Waals surface area contributed by atoms with E-state index in [-0.39, 0.29) is 18.0 Å². The van der Waals surface area contributed by atoms with Gasteiger partial charge in [-0.05, 0) is 36.2 Å². The number of nitrogens with zero attached hydrogens (tertiary/aromatic N) is 1. The Balaban J connectivity index is 2.33. The molecule has 0 saturated heterocycles. The summed E-state index contributed by atoms with van der Waals surface area (Å²) < 4.78 is 27.2. The largest absolute Gasteiger partial charge is 0.392 e. The van der Waals surface area contributed by atoms with Gasteiger partial charge in [0.25, 0.3) is 0 Å². The van der Waals surface area contributed by atoms with Gasteiger partial charge in [0.05, 0.1) is 15.8 Å². The Morgan fingerprint density at radius 3 is 2.57 bits per heavy atom. The number of halogens is 1. The molecule has 1 heterocycles. The summed E-state index contributed by atoms with van der Waals surface area (Å²) in [5, 5.41) is 9.26. The van der Waals surface area contributed by atoms with Gasteiger partial charge in [-0.2, -0.15) is 4.31 Å². The molecule has 1 aromatic carbocycles. The highest BCUT2D eigenvalue weighted by Crippen LogP contribution is 2.26. The fraction of sp³-hybridized carbons (Fsp3) is 0.286. The lowest BCUT2D eigenvalue weighted by Gasteiger charge is -2.18. The SMILES string of the molecule is Cc1c(CO)cccc1S(=O)(=O)N(C)Cc1ccc(Cl)s1. The van der Waals surface area contributed by atoms with Crippen LogP contribution in [-0.2, 0) is 23.2 Å². The molecule has 0 fully saturated rings. The van der Waals surface area contributed by atoms with Crippen molar-refractivity contribution in [2.75, 3.05) is 7.05 Å². The van der Waals surface area contributed by atoms with Crippen molar-refractivity contribution >= 4 is 33.0 Å². The number of aliphatic hydroxyl groups excluding tert-OH is 1. The van der Waals surface area contributed by atoms with Crippen molar-refractivity contribution in [3.8, 4) is 0 Å². The number of rotatable bonds is 5. The van der Waals surface area contributed by atoms with Crippen LogP contribution in [0.5, 0.6) is 0 Å². The van der Waals surface area contributed by atoms with Crippen LogP contribution in [0.15, 0.2) is 35.2 Å². The molecule has 114 valence electrons. The summed E-state index contributed by atoms with van der Waals surface area (Å²) in [7, 11) is -2.07. The number of sulfonamides is 1. The lowest BCUT2D eigenvalue weighted by atomic mass is 10.1. The molecule has 2 rings (SSSR count). The maximum atomic E-state index is 12.6. The third kappa shape index (κ3) is 3.46. The Morgan fingerprint density at radius 2 is 2.00 bits per heavy atom. The van der Waals surface area contributed by atoms with Crippen LogP contribution in [0.2, 0.25) is 4.34 Å². The van der Waals surface area contributed by atoms with Gasteiger partial charge >= 0.3 is 0 Å². The molecule has 21 heavy (non-hydrogen) atoms. The second-order valence-electron chi connectivity index (χ2n) is 4.67. The third-order valence-electron chi connectivity index (χ3n) is 3.26. The summed E-state index contributed by atoms with van der Waals surface area (Å²) in [6.45, 7) is 1.79. The van der Waals surface area contributed by atoms with E-state index in [0.717, 1.165) is 4.88 Å². The van der Waals surface area contributed by atoms with Crippen LogP contribution >= 0.6 is 22.9 Å². The standard InChI is InChI=1S/C14H16ClNO3S2/c1-10-11(9-17)4-3-5-13(10)21(18,19)16(2)8-12-6-7-14(15)20-12/h3-7,17H,8-9H2,1-2H3. The van der Waals surface area contributed by atoms with Gasteiger partial charge < -0.3 is 5.11 Å². The first-order valence-corrected chi connectivity index (χ1v) is 8.89. The van der Waals surface area contributed by atoms with Gasteiger partial charge in [0.1, 0.15) is 0 Å². The van der Waals surface area contributed by atoms with E-state index < -0.39 is 10.0 Å². The lowest BCUT2D eigenvalue weighted by molar-refractivity contribution is 0.280. The molecule has 0 aliphatic heterocycles. The van der Waals surface area contributed by atoms with Crippen LogP contribution in [0, 0.1) is 6.92 Å². The fourth-order valence-corrected chi connectivity index (χ4v) is 4.66. The molecule has 4 nitrogen and oxygen atoms in total. The molecule has 0 amide bonds. The molecule has 7 heteroatoms. The maximum absolute atomic E-state index is 12.6. The fourth-order valence-electron chi connectivity index (χ4n) is 2.02. The van der Waals surface area contributed by atoms with Crippen LogP contribution in [0.3, 0.4) is 0 Å². The van der Waals surface area contributed by atoms with Gasteiger partial charge in [-0.3, -0.25) is 0 Å².